The van der Waals surface area contributed by atoms with Crippen molar-refractivity contribution in [1.29, 1.82) is 0 Å². The van der Waals surface area contributed by atoms with Crippen LogP contribution in [-0.2, 0) is 0 Å². The monoisotopic (exact) mass is 244 g/mol. The lowest BCUT2D eigenvalue weighted by Crippen LogP contribution is -2.13. The predicted octanol–water partition coefficient (Wildman–Crippen LogP) is 2.23. The van der Waals surface area contributed by atoms with Crippen molar-refractivity contribution in [2.24, 2.45) is 5.92 Å². The Hall–Kier alpha value is -0.150. The zero-order valence-electron chi connectivity index (χ0n) is 5.95. The van der Waals surface area contributed by atoms with Gasteiger partial charge in [-0.15, -0.1) is 11.8 Å². The largest absolute Gasteiger partial charge is 0.105 e. The van der Waals surface area contributed by atoms with Crippen molar-refractivity contribution in [3.8, 4) is 23.7 Å². The molecule has 0 bridgehead atoms. The van der Waals surface area contributed by atoms with Crippen molar-refractivity contribution in [3.63, 3.8) is 0 Å². The Labute approximate surface area is 75.9 Å². The molecule has 0 aromatic rings. The molecule has 10 heavy (non-hydrogen) atoms. The van der Waals surface area contributed by atoms with Crippen LogP contribution in [0.15, 0.2) is 0 Å². The molecule has 0 radical (unpaired) electrons. The zero-order valence-corrected chi connectivity index (χ0v) is 8.10. The molecule has 0 aliphatic heterocycles. The van der Waals surface area contributed by atoms with Gasteiger partial charge in [0.1, 0.15) is 0 Å². The molecule has 52 valence electrons. The molecule has 1 aliphatic carbocycles. The Morgan fingerprint density at radius 3 is 3.00 bits per heavy atom. The van der Waals surface area contributed by atoms with Gasteiger partial charge in [-0.25, -0.2) is 0 Å². The van der Waals surface area contributed by atoms with Crippen molar-refractivity contribution in [2.45, 2.75) is 23.7 Å². The van der Waals surface area contributed by atoms with Gasteiger partial charge < -0.3 is 0 Å². The lowest BCUT2D eigenvalue weighted by atomic mass is 9.99. The van der Waals surface area contributed by atoms with Crippen LogP contribution in [0.5, 0.6) is 0 Å². The molecule has 0 nitrogen and oxygen atoms in total. The zero-order chi connectivity index (χ0) is 7.40. The average molecular weight is 244 g/mol. The van der Waals surface area contributed by atoms with Crippen LogP contribution in [0.3, 0.4) is 0 Å². The van der Waals surface area contributed by atoms with E-state index in [9.17, 15) is 0 Å². The van der Waals surface area contributed by atoms with Crippen LogP contribution in [0.2, 0.25) is 0 Å². The van der Waals surface area contributed by atoms with Crippen molar-refractivity contribution in [1.82, 2.24) is 0 Å². The molecule has 1 heteroatoms. The Morgan fingerprint density at radius 2 is 2.40 bits per heavy atom. The maximum Gasteiger partial charge on any atom is 0.0928 e. The van der Waals surface area contributed by atoms with E-state index >= 15 is 0 Å². The molecular weight excluding hydrogens is 235 g/mol. The Bertz CT molecular complexity index is 221. The highest BCUT2D eigenvalue weighted by Crippen LogP contribution is 2.20. The molecule has 2 unspecified atom stereocenters. The normalized spacial score (nSPS) is 29.4. The maximum absolute atomic E-state index is 3.14. The van der Waals surface area contributed by atoms with Gasteiger partial charge in [-0.3, -0.25) is 0 Å². The Kier molecular flexibility index (Phi) is 3.09. The van der Waals surface area contributed by atoms with E-state index in [2.05, 4.69) is 46.3 Å². The fraction of sp³-hybridized carbons (Fsp3) is 0.556. The molecule has 0 aromatic carbocycles. The van der Waals surface area contributed by atoms with E-state index in [1.165, 1.54) is 6.42 Å². The van der Waals surface area contributed by atoms with E-state index in [4.69, 9.17) is 0 Å². The summed E-state index contributed by atoms with van der Waals surface area (Å²) in [4.78, 5) is 0. The highest BCUT2D eigenvalue weighted by molar-refractivity contribution is 14.1. The molecule has 0 fully saturated rings. The summed E-state index contributed by atoms with van der Waals surface area (Å²) in [6.45, 7) is 1.87. The van der Waals surface area contributed by atoms with Crippen LogP contribution >= 0.6 is 22.6 Å². The van der Waals surface area contributed by atoms with E-state index < -0.39 is 0 Å². The minimum atomic E-state index is 0.333. The summed E-state index contributed by atoms with van der Waals surface area (Å²) < 4.78 is 0.645. The van der Waals surface area contributed by atoms with Crippen LogP contribution in [0.25, 0.3) is 0 Å². The molecule has 1 rings (SSSR count). The smallest absolute Gasteiger partial charge is 0.0928 e. The van der Waals surface area contributed by atoms with Crippen molar-refractivity contribution < 1.29 is 0 Å². The third-order valence-corrected chi connectivity index (χ3v) is 2.81. The van der Waals surface area contributed by atoms with Crippen molar-refractivity contribution >= 4 is 22.6 Å². The van der Waals surface area contributed by atoms with Gasteiger partial charge >= 0.3 is 0 Å². The highest BCUT2D eigenvalue weighted by Gasteiger charge is 2.15. The third kappa shape index (κ3) is 1.92. The number of rotatable bonds is 0. The van der Waals surface area contributed by atoms with Gasteiger partial charge in [0.25, 0.3) is 0 Å². The quantitative estimate of drug-likeness (QED) is 0.348. The van der Waals surface area contributed by atoms with E-state index in [1.54, 1.807) is 0 Å². The van der Waals surface area contributed by atoms with Gasteiger partial charge in [-0.2, -0.15) is 0 Å². The maximum atomic E-state index is 3.14. The van der Waals surface area contributed by atoms with E-state index in [-0.39, 0.29) is 0 Å². The van der Waals surface area contributed by atoms with Gasteiger partial charge in [-0.05, 0) is 13.3 Å². The lowest BCUT2D eigenvalue weighted by molar-refractivity contribution is 0.722. The molecule has 0 heterocycles. The predicted molar refractivity (Wildman–Crippen MR) is 51.8 cm³/mol. The first kappa shape index (κ1) is 7.95. The second-order valence-corrected chi connectivity index (χ2v) is 3.85. The first-order valence-electron chi connectivity index (χ1n) is 3.39. The molecule has 0 saturated heterocycles. The summed E-state index contributed by atoms with van der Waals surface area (Å²) >= 11 is 2.44. The van der Waals surface area contributed by atoms with Gasteiger partial charge in [0.05, 0.1) is 5.92 Å². The fourth-order valence-electron chi connectivity index (χ4n) is 0.931. The average Bonchev–Trinajstić information content (AvgIpc) is 1.94. The van der Waals surface area contributed by atoms with Gasteiger partial charge in [-0.1, -0.05) is 34.4 Å². The van der Waals surface area contributed by atoms with E-state index in [0.717, 1.165) is 6.42 Å². The van der Waals surface area contributed by atoms with Crippen LogP contribution < -0.4 is 0 Å². The molecule has 0 amide bonds. The molecule has 2 atom stereocenters. The number of hydrogen-bond acceptors (Lipinski definition) is 0. The lowest BCUT2D eigenvalue weighted by Gasteiger charge is -2.13. The molecule has 0 saturated carbocycles. The van der Waals surface area contributed by atoms with Gasteiger partial charge in [0, 0.05) is 10.3 Å². The molecule has 1 aliphatic rings. The van der Waals surface area contributed by atoms with Gasteiger partial charge in [0.15, 0.2) is 0 Å². The first-order chi connectivity index (χ1) is 4.84. The van der Waals surface area contributed by atoms with E-state index in [1.807, 2.05) is 6.92 Å². The van der Waals surface area contributed by atoms with Crippen molar-refractivity contribution in [2.75, 3.05) is 0 Å². The third-order valence-electron chi connectivity index (χ3n) is 1.46. The minimum Gasteiger partial charge on any atom is -0.105 e. The summed E-state index contributed by atoms with van der Waals surface area (Å²) in [5.41, 5.74) is 0. The Morgan fingerprint density at radius 1 is 1.60 bits per heavy atom. The molecule has 0 spiro atoms. The second-order valence-electron chi connectivity index (χ2n) is 2.25. The SMILES string of the molecule is CC#CC1C#CCCC1I. The summed E-state index contributed by atoms with van der Waals surface area (Å²) in [6, 6.07) is 0. The molecule has 0 aromatic heterocycles. The first-order valence-corrected chi connectivity index (χ1v) is 4.64. The number of hydrogen-bond donors (Lipinski definition) is 0. The number of alkyl halides is 1. The fourth-order valence-corrected chi connectivity index (χ4v) is 1.60. The van der Waals surface area contributed by atoms with Crippen molar-refractivity contribution in [3.05, 3.63) is 0 Å². The number of halogens is 1. The molecule has 0 N–H and O–H groups in total. The summed E-state index contributed by atoms with van der Waals surface area (Å²) in [7, 11) is 0. The van der Waals surface area contributed by atoms with Crippen LogP contribution in [0.4, 0.5) is 0 Å². The molecular formula is C9H9I. The van der Waals surface area contributed by atoms with Crippen LogP contribution in [0, 0.1) is 29.6 Å². The summed E-state index contributed by atoms with van der Waals surface area (Å²) in [5.74, 6) is 12.6. The highest BCUT2D eigenvalue weighted by atomic mass is 127. The van der Waals surface area contributed by atoms with E-state index in [0.29, 0.717) is 9.84 Å². The summed E-state index contributed by atoms with van der Waals surface area (Å²) in [5, 5.41) is 0. The minimum absolute atomic E-state index is 0.333. The topological polar surface area (TPSA) is 0 Å². The second kappa shape index (κ2) is 3.88. The Balaban J connectivity index is 2.66. The van der Waals surface area contributed by atoms with Crippen LogP contribution in [-0.4, -0.2) is 3.92 Å². The van der Waals surface area contributed by atoms with Gasteiger partial charge in [0.2, 0.25) is 0 Å². The standard InChI is InChI=1S/C9H9I/c1-2-5-8-6-3-4-7-9(8)10/h8-9H,4,7H2,1H3. The summed E-state index contributed by atoms with van der Waals surface area (Å²) in [6.07, 6.45) is 2.25. The van der Waals surface area contributed by atoms with Crippen LogP contribution in [0.1, 0.15) is 19.8 Å².